The van der Waals surface area contributed by atoms with Crippen molar-refractivity contribution in [1.29, 1.82) is 0 Å². The van der Waals surface area contributed by atoms with Gasteiger partial charge in [0.15, 0.2) is 0 Å². The summed E-state index contributed by atoms with van der Waals surface area (Å²) >= 11 is 0. The summed E-state index contributed by atoms with van der Waals surface area (Å²) in [4.78, 5) is 2.39. The van der Waals surface area contributed by atoms with E-state index in [1.165, 1.54) is 16.7 Å². The maximum atomic E-state index is 6.42. The van der Waals surface area contributed by atoms with Crippen LogP contribution >= 0.6 is 0 Å². The Bertz CT molecular complexity index is 2860. The number of rotatable bonds is 6. The largest absolute Gasteiger partial charge is 0.456 e. The summed E-state index contributed by atoms with van der Waals surface area (Å²) in [7, 11) is 0. The molecule has 0 unspecified atom stereocenters. The molecule has 10 rings (SSSR count). The standard InChI is InChI=1S/C48H31NO2/c1-2-14-32(15-3-1)35-16-4-5-17-37(35)38-18-6-9-22-41(38)49(42-23-13-27-46-48(42)40-20-8-11-25-44(40)51-46)34-30-28-33(29-31-34)36-21-12-26-45-47(36)39-19-7-10-24-43(39)50-45/h1-31H. The molecule has 2 heterocycles. The summed E-state index contributed by atoms with van der Waals surface area (Å²) in [6, 6.07) is 66.2. The van der Waals surface area contributed by atoms with Crippen molar-refractivity contribution in [3.05, 3.63) is 188 Å². The third-order valence-electron chi connectivity index (χ3n) is 9.91. The smallest absolute Gasteiger partial charge is 0.137 e. The van der Waals surface area contributed by atoms with Crippen molar-refractivity contribution in [1.82, 2.24) is 0 Å². The van der Waals surface area contributed by atoms with Crippen molar-refractivity contribution in [2.75, 3.05) is 4.90 Å². The van der Waals surface area contributed by atoms with Gasteiger partial charge in [-0.15, -0.1) is 0 Å². The first kappa shape index (κ1) is 29.1. The van der Waals surface area contributed by atoms with E-state index in [9.17, 15) is 0 Å². The van der Waals surface area contributed by atoms with Gasteiger partial charge in [-0.05, 0) is 76.3 Å². The molecular weight excluding hydrogens is 623 g/mol. The predicted octanol–water partition coefficient (Wildman–Crippen LogP) is 14.0. The van der Waals surface area contributed by atoms with Crippen molar-refractivity contribution in [3.8, 4) is 33.4 Å². The highest BCUT2D eigenvalue weighted by atomic mass is 16.3. The lowest BCUT2D eigenvalue weighted by Gasteiger charge is -2.29. The summed E-state index contributed by atoms with van der Waals surface area (Å²) in [5, 5.41) is 4.43. The van der Waals surface area contributed by atoms with Crippen LogP contribution in [0.1, 0.15) is 0 Å². The first-order valence-corrected chi connectivity index (χ1v) is 17.3. The average molecular weight is 654 g/mol. The average Bonchev–Trinajstić information content (AvgIpc) is 3.78. The topological polar surface area (TPSA) is 29.5 Å². The molecule has 0 saturated carbocycles. The maximum absolute atomic E-state index is 6.42. The molecule has 0 amide bonds. The van der Waals surface area contributed by atoms with E-state index in [4.69, 9.17) is 8.83 Å². The minimum Gasteiger partial charge on any atom is -0.456 e. The lowest BCUT2D eigenvalue weighted by atomic mass is 9.93. The fourth-order valence-corrected chi connectivity index (χ4v) is 7.64. The van der Waals surface area contributed by atoms with Gasteiger partial charge >= 0.3 is 0 Å². The van der Waals surface area contributed by atoms with E-state index in [0.29, 0.717) is 0 Å². The van der Waals surface area contributed by atoms with E-state index in [2.05, 4.69) is 169 Å². The first-order chi connectivity index (χ1) is 25.3. The molecule has 10 aromatic rings. The first-order valence-electron chi connectivity index (χ1n) is 17.3. The van der Waals surface area contributed by atoms with Crippen molar-refractivity contribution in [3.63, 3.8) is 0 Å². The molecule has 0 fully saturated rings. The third kappa shape index (κ3) is 4.82. The SMILES string of the molecule is c1ccc(-c2ccccc2-c2ccccc2N(c2ccc(-c3cccc4oc5ccccc5c34)cc2)c2cccc3oc4ccccc4c23)cc1. The van der Waals surface area contributed by atoms with Crippen LogP contribution in [0, 0.1) is 0 Å². The molecule has 0 aliphatic rings. The second kappa shape index (κ2) is 11.9. The minimum atomic E-state index is 0.857. The molecular formula is C48H31NO2. The fraction of sp³-hybridized carbons (Fsp3) is 0. The summed E-state index contributed by atoms with van der Waals surface area (Å²) < 4.78 is 12.7. The van der Waals surface area contributed by atoms with Gasteiger partial charge in [-0.3, -0.25) is 0 Å². The van der Waals surface area contributed by atoms with Crippen LogP contribution in [0.3, 0.4) is 0 Å². The number of hydrogen-bond donors (Lipinski definition) is 0. The number of nitrogens with zero attached hydrogens (tertiary/aromatic N) is 1. The zero-order chi connectivity index (χ0) is 33.7. The monoisotopic (exact) mass is 653 g/mol. The van der Waals surface area contributed by atoms with Crippen LogP contribution in [0.4, 0.5) is 17.1 Å². The van der Waals surface area contributed by atoms with Gasteiger partial charge < -0.3 is 13.7 Å². The normalized spacial score (nSPS) is 11.5. The highest BCUT2D eigenvalue weighted by molar-refractivity contribution is 6.15. The third-order valence-corrected chi connectivity index (χ3v) is 9.91. The zero-order valence-electron chi connectivity index (χ0n) is 27.7. The van der Waals surface area contributed by atoms with Crippen LogP contribution in [0.2, 0.25) is 0 Å². The molecule has 0 N–H and O–H groups in total. The van der Waals surface area contributed by atoms with Crippen LogP contribution in [0.15, 0.2) is 197 Å². The van der Waals surface area contributed by atoms with E-state index in [-0.39, 0.29) is 0 Å². The highest BCUT2D eigenvalue weighted by Crippen LogP contribution is 2.47. The van der Waals surface area contributed by atoms with Crippen molar-refractivity contribution >= 4 is 60.9 Å². The number of anilines is 3. The Balaban J connectivity index is 1.20. The quantitative estimate of drug-likeness (QED) is 0.179. The Morgan fingerprint density at radius 3 is 1.53 bits per heavy atom. The lowest BCUT2D eigenvalue weighted by Crippen LogP contribution is -2.11. The molecule has 8 aromatic carbocycles. The number of fused-ring (bicyclic) bond motifs is 6. The Kier molecular flexibility index (Phi) is 6.81. The molecule has 0 saturated heterocycles. The number of furan rings is 2. The molecule has 0 atom stereocenters. The molecule has 0 radical (unpaired) electrons. The second-order valence-electron chi connectivity index (χ2n) is 12.8. The number of hydrogen-bond acceptors (Lipinski definition) is 3. The van der Waals surface area contributed by atoms with Crippen LogP contribution in [-0.2, 0) is 0 Å². The van der Waals surface area contributed by atoms with Gasteiger partial charge in [-0.2, -0.15) is 0 Å². The van der Waals surface area contributed by atoms with Gasteiger partial charge in [0.05, 0.1) is 16.8 Å². The summed E-state index contributed by atoms with van der Waals surface area (Å²) in [5.41, 5.74) is 13.7. The van der Waals surface area contributed by atoms with Crippen LogP contribution < -0.4 is 4.90 Å². The minimum absolute atomic E-state index is 0.857. The molecule has 3 nitrogen and oxygen atoms in total. The fourth-order valence-electron chi connectivity index (χ4n) is 7.64. The Morgan fingerprint density at radius 1 is 0.294 bits per heavy atom. The predicted molar refractivity (Wildman–Crippen MR) is 212 cm³/mol. The molecule has 0 aliphatic heterocycles. The zero-order valence-corrected chi connectivity index (χ0v) is 27.7. The Morgan fingerprint density at radius 2 is 0.784 bits per heavy atom. The maximum Gasteiger partial charge on any atom is 0.137 e. The lowest BCUT2D eigenvalue weighted by molar-refractivity contribution is 0.668. The van der Waals surface area contributed by atoms with E-state index in [0.717, 1.165) is 77.6 Å². The van der Waals surface area contributed by atoms with Gasteiger partial charge in [0, 0.05) is 27.4 Å². The van der Waals surface area contributed by atoms with Crippen molar-refractivity contribution < 1.29 is 8.83 Å². The van der Waals surface area contributed by atoms with Gasteiger partial charge in [-0.25, -0.2) is 0 Å². The summed E-state index contributed by atoms with van der Waals surface area (Å²) in [6.45, 7) is 0. The van der Waals surface area contributed by atoms with E-state index in [1.54, 1.807) is 0 Å². The van der Waals surface area contributed by atoms with Crippen LogP contribution in [0.25, 0.3) is 77.3 Å². The highest BCUT2D eigenvalue weighted by Gasteiger charge is 2.23. The van der Waals surface area contributed by atoms with Gasteiger partial charge in [0.2, 0.25) is 0 Å². The molecule has 2 aromatic heterocycles. The van der Waals surface area contributed by atoms with Crippen molar-refractivity contribution in [2.24, 2.45) is 0 Å². The molecule has 3 heteroatoms. The molecule has 0 spiro atoms. The van der Waals surface area contributed by atoms with Crippen LogP contribution in [-0.4, -0.2) is 0 Å². The molecule has 0 aliphatic carbocycles. The molecule has 51 heavy (non-hydrogen) atoms. The van der Waals surface area contributed by atoms with Crippen LogP contribution in [0.5, 0.6) is 0 Å². The Hall–Kier alpha value is -6.84. The number of benzene rings is 8. The summed E-state index contributed by atoms with van der Waals surface area (Å²) in [6.07, 6.45) is 0. The van der Waals surface area contributed by atoms with Crippen molar-refractivity contribution in [2.45, 2.75) is 0 Å². The van der Waals surface area contributed by atoms with Gasteiger partial charge in [-0.1, -0.05) is 140 Å². The number of para-hydroxylation sites is 3. The second-order valence-corrected chi connectivity index (χ2v) is 12.8. The van der Waals surface area contributed by atoms with Gasteiger partial charge in [0.25, 0.3) is 0 Å². The van der Waals surface area contributed by atoms with E-state index >= 15 is 0 Å². The molecule has 0 bridgehead atoms. The molecule has 240 valence electrons. The van der Waals surface area contributed by atoms with E-state index < -0.39 is 0 Å². The van der Waals surface area contributed by atoms with E-state index in [1.807, 2.05) is 24.3 Å². The summed E-state index contributed by atoms with van der Waals surface area (Å²) in [5.74, 6) is 0. The van der Waals surface area contributed by atoms with Gasteiger partial charge in [0.1, 0.15) is 22.3 Å². The Labute approximate surface area is 295 Å².